The van der Waals surface area contributed by atoms with Crippen LogP contribution in [0, 0.1) is 6.92 Å². The molecular weight excluding hydrogens is 338 g/mol. The molecule has 0 bridgehead atoms. The highest BCUT2D eigenvalue weighted by Crippen LogP contribution is 2.23. The van der Waals surface area contributed by atoms with Gasteiger partial charge in [-0.1, -0.05) is 30.7 Å². The van der Waals surface area contributed by atoms with E-state index in [2.05, 4.69) is 0 Å². The zero-order valence-corrected chi connectivity index (χ0v) is 15.8. The van der Waals surface area contributed by atoms with Crippen LogP contribution in [-0.2, 0) is 11.3 Å². The summed E-state index contributed by atoms with van der Waals surface area (Å²) in [4.78, 5) is 14.4. The van der Waals surface area contributed by atoms with E-state index in [1.54, 1.807) is 31.2 Å². The molecule has 0 saturated carbocycles. The summed E-state index contributed by atoms with van der Waals surface area (Å²) in [6, 6.07) is 13.1. The fourth-order valence-corrected chi connectivity index (χ4v) is 2.61. The predicted molar refractivity (Wildman–Crippen MR) is 100 cm³/mol. The number of carbonyl (C=O) groups is 1. The number of rotatable bonds is 7. The van der Waals surface area contributed by atoms with Crippen molar-refractivity contribution < 1.29 is 14.3 Å². The van der Waals surface area contributed by atoms with Gasteiger partial charge in [0.1, 0.15) is 11.5 Å². The number of ether oxygens (including phenoxy) is 2. The summed E-state index contributed by atoms with van der Waals surface area (Å²) < 4.78 is 11.0. The minimum Gasteiger partial charge on any atom is -0.497 e. The molecule has 0 fully saturated rings. The standard InChI is InChI=1S/C20H24ClNO3/c1-5-19(25-17-10-11-18(21)14(2)12-17)20(23)22(3)13-15-6-8-16(24-4)9-7-15/h6-12,19H,5,13H2,1-4H3. The summed E-state index contributed by atoms with van der Waals surface area (Å²) >= 11 is 6.04. The zero-order valence-electron chi connectivity index (χ0n) is 15.1. The van der Waals surface area contributed by atoms with Crippen molar-refractivity contribution in [2.45, 2.75) is 32.9 Å². The number of nitrogens with zero attached hydrogens (tertiary/aromatic N) is 1. The Morgan fingerprint density at radius 3 is 2.36 bits per heavy atom. The van der Waals surface area contributed by atoms with Gasteiger partial charge in [-0.25, -0.2) is 0 Å². The normalized spacial score (nSPS) is 11.7. The zero-order chi connectivity index (χ0) is 18.4. The second-order valence-electron chi connectivity index (χ2n) is 5.97. The second kappa shape index (κ2) is 8.77. The van der Waals surface area contributed by atoms with Gasteiger partial charge in [0.15, 0.2) is 6.10 Å². The van der Waals surface area contributed by atoms with E-state index in [4.69, 9.17) is 21.1 Å². The molecule has 0 heterocycles. The van der Waals surface area contributed by atoms with E-state index in [9.17, 15) is 4.79 Å². The van der Waals surface area contributed by atoms with Crippen molar-refractivity contribution in [3.05, 3.63) is 58.6 Å². The Morgan fingerprint density at radius 1 is 1.16 bits per heavy atom. The lowest BCUT2D eigenvalue weighted by atomic mass is 10.2. The molecule has 2 aromatic rings. The van der Waals surface area contributed by atoms with Gasteiger partial charge in [-0.3, -0.25) is 4.79 Å². The van der Waals surface area contributed by atoms with Gasteiger partial charge in [0, 0.05) is 18.6 Å². The van der Waals surface area contributed by atoms with Crippen molar-refractivity contribution in [1.82, 2.24) is 4.90 Å². The average Bonchev–Trinajstić information content (AvgIpc) is 2.62. The molecule has 0 spiro atoms. The lowest BCUT2D eigenvalue weighted by Gasteiger charge is -2.24. The van der Waals surface area contributed by atoms with Crippen molar-refractivity contribution in [2.75, 3.05) is 14.2 Å². The Bertz CT molecular complexity index is 715. The molecule has 25 heavy (non-hydrogen) atoms. The molecule has 1 unspecified atom stereocenters. The van der Waals surface area contributed by atoms with Crippen LogP contribution in [0.15, 0.2) is 42.5 Å². The highest BCUT2D eigenvalue weighted by Gasteiger charge is 2.22. The maximum Gasteiger partial charge on any atom is 0.263 e. The second-order valence-corrected chi connectivity index (χ2v) is 6.38. The summed E-state index contributed by atoms with van der Waals surface area (Å²) in [6.45, 7) is 4.36. The number of hydrogen-bond acceptors (Lipinski definition) is 3. The van der Waals surface area contributed by atoms with E-state index in [0.29, 0.717) is 23.7 Å². The molecule has 0 saturated heterocycles. The first-order chi connectivity index (χ1) is 11.9. The van der Waals surface area contributed by atoms with Crippen LogP contribution in [0.25, 0.3) is 0 Å². The summed E-state index contributed by atoms with van der Waals surface area (Å²) in [5.41, 5.74) is 1.96. The van der Waals surface area contributed by atoms with Gasteiger partial charge >= 0.3 is 0 Å². The van der Waals surface area contributed by atoms with Gasteiger partial charge in [0.05, 0.1) is 7.11 Å². The Hall–Kier alpha value is -2.20. The maximum absolute atomic E-state index is 12.7. The van der Waals surface area contributed by atoms with E-state index >= 15 is 0 Å². The maximum atomic E-state index is 12.7. The third kappa shape index (κ3) is 5.13. The van der Waals surface area contributed by atoms with Gasteiger partial charge in [-0.15, -0.1) is 0 Å². The minimum atomic E-state index is -0.524. The van der Waals surface area contributed by atoms with Crippen molar-refractivity contribution >= 4 is 17.5 Å². The highest BCUT2D eigenvalue weighted by molar-refractivity contribution is 6.31. The first kappa shape index (κ1) is 19.1. The SMILES string of the molecule is CCC(Oc1ccc(Cl)c(C)c1)C(=O)N(C)Cc1ccc(OC)cc1. The quantitative estimate of drug-likeness (QED) is 0.730. The molecule has 134 valence electrons. The molecule has 0 N–H and O–H groups in total. The molecule has 1 amide bonds. The fraction of sp³-hybridized carbons (Fsp3) is 0.350. The van der Waals surface area contributed by atoms with Crippen LogP contribution in [0.2, 0.25) is 5.02 Å². The number of hydrogen-bond donors (Lipinski definition) is 0. The van der Waals surface area contributed by atoms with Gasteiger partial charge < -0.3 is 14.4 Å². The fourth-order valence-electron chi connectivity index (χ4n) is 2.49. The monoisotopic (exact) mass is 361 g/mol. The van der Waals surface area contributed by atoms with Crippen LogP contribution < -0.4 is 9.47 Å². The molecule has 2 aromatic carbocycles. The summed E-state index contributed by atoms with van der Waals surface area (Å²) in [5.74, 6) is 1.40. The van der Waals surface area contributed by atoms with Gasteiger partial charge in [-0.05, 0) is 54.8 Å². The molecule has 0 aliphatic heterocycles. The van der Waals surface area contributed by atoms with Gasteiger partial charge in [-0.2, -0.15) is 0 Å². The van der Waals surface area contributed by atoms with Crippen molar-refractivity contribution in [3.63, 3.8) is 0 Å². The predicted octanol–water partition coefficient (Wildman–Crippen LogP) is 4.47. The molecule has 4 nitrogen and oxygen atoms in total. The smallest absolute Gasteiger partial charge is 0.263 e. The largest absolute Gasteiger partial charge is 0.497 e. The van der Waals surface area contributed by atoms with E-state index in [1.165, 1.54) is 0 Å². The number of carbonyl (C=O) groups excluding carboxylic acids is 1. The molecule has 0 aliphatic carbocycles. The summed E-state index contributed by atoms with van der Waals surface area (Å²) in [7, 11) is 3.41. The first-order valence-electron chi connectivity index (χ1n) is 8.25. The van der Waals surface area contributed by atoms with E-state index in [0.717, 1.165) is 16.9 Å². The topological polar surface area (TPSA) is 38.8 Å². The van der Waals surface area contributed by atoms with E-state index in [1.807, 2.05) is 44.2 Å². The van der Waals surface area contributed by atoms with Crippen LogP contribution in [0.3, 0.4) is 0 Å². The summed E-state index contributed by atoms with van der Waals surface area (Å²) in [6.07, 6.45) is 0.0665. The van der Waals surface area contributed by atoms with Crippen LogP contribution in [0.1, 0.15) is 24.5 Å². The van der Waals surface area contributed by atoms with Gasteiger partial charge in [0.25, 0.3) is 5.91 Å². The van der Waals surface area contributed by atoms with E-state index in [-0.39, 0.29) is 5.91 Å². The van der Waals surface area contributed by atoms with Crippen LogP contribution in [-0.4, -0.2) is 31.1 Å². The van der Waals surface area contributed by atoms with Crippen LogP contribution in [0.5, 0.6) is 11.5 Å². The molecule has 0 radical (unpaired) electrons. The van der Waals surface area contributed by atoms with Crippen molar-refractivity contribution in [2.24, 2.45) is 0 Å². The number of amides is 1. The molecule has 1 atom stereocenters. The Balaban J connectivity index is 2.02. The number of aryl methyl sites for hydroxylation is 1. The van der Waals surface area contributed by atoms with E-state index < -0.39 is 6.10 Å². The van der Waals surface area contributed by atoms with Gasteiger partial charge in [0.2, 0.25) is 0 Å². The number of halogens is 1. The van der Waals surface area contributed by atoms with Crippen LogP contribution in [0.4, 0.5) is 0 Å². The third-order valence-electron chi connectivity index (χ3n) is 4.01. The minimum absolute atomic E-state index is 0.0501. The first-order valence-corrected chi connectivity index (χ1v) is 8.63. The Kier molecular flexibility index (Phi) is 6.71. The lowest BCUT2D eigenvalue weighted by molar-refractivity contribution is -0.138. The Labute approximate surface area is 154 Å². The molecule has 5 heteroatoms. The average molecular weight is 362 g/mol. The molecule has 2 rings (SSSR count). The molecular formula is C20H24ClNO3. The Morgan fingerprint density at radius 2 is 1.80 bits per heavy atom. The van der Waals surface area contributed by atoms with Crippen molar-refractivity contribution in [3.8, 4) is 11.5 Å². The number of likely N-dealkylation sites (N-methyl/N-ethyl adjacent to an activating group) is 1. The number of methoxy groups -OCH3 is 1. The van der Waals surface area contributed by atoms with Crippen LogP contribution >= 0.6 is 11.6 Å². The molecule has 0 aromatic heterocycles. The third-order valence-corrected chi connectivity index (χ3v) is 4.43. The summed E-state index contributed by atoms with van der Waals surface area (Å²) in [5, 5.41) is 0.684. The molecule has 0 aliphatic rings. The number of benzene rings is 2. The lowest BCUT2D eigenvalue weighted by Crippen LogP contribution is -2.39. The van der Waals surface area contributed by atoms with Crippen molar-refractivity contribution in [1.29, 1.82) is 0 Å². The highest BCUT2D eigenvalue weighted by atomic mass is 35.5.